The summed E-state index contributed by atoms with van der Waals surface area (Å²) in [6, 6.07) is 4.28. The molecule has 0 aliphatic carbocycles. The Hall–Kier alpha value is -1.23. The van der Waals surface area contributed by atoms with Crippen molar-refractivity contribution < 1.29 is 25.9 Å². The van der Waals surface area contributed by atoms with E-state index in [0.29, 0.717) is 0 Å². The van der Waals surface area contributed by atoms with Crippen LogP contribution in [0.15, 0.2) is 29.2 Å². The molecule has 0 unspecified atom stereocenters. The first-order chi connectivity index (χ1) is 9.61. The Morgan fingerprint density at radius 2 is 2.00 bits per heavy atom. The number of sulfone groups is 1. The molecule has 0 aromatic heterocycles. The third-order valence-electron chi connectivity index (χ3n) is 2.80. The van der Waals surface area contributed by atoms with Crippen molar-refractivity contribution in [2.45, 2.75) is 16.4 Å². The Kier molecular flexibility index (Phi) is 4.24. The monoisotopic (exact) mass is 355 g/mol. The fourth-order valence-corrected chi connectivity index (χ4v) is 5.59. The Labute approximate surface area is 125 Å². The van der Waals surface area contributed by atoms with Gasteiger partial charge in [0, 0.05) is 12.1 Å². The second-order valence-corrected chi connectivity index (χ2v) is 8.72. The molecule has 0 bridgehead atoms. The molecule has 21 heavy (non-hydrogen) atoms. The van der Waals surface area contributed by atoms with Gasteiger partial charge in [0.15, 0.2) is 9.84 Å². The Bertz CT molecular complexity index is 774. The van der Waals surface area contributed by atoms with Gasteiger partial charge in [-0.1, -0.05) is 6.07 Å². The lowest BCUT2D eigenvalue weighted by Crippen LogP contribution is -2.26. The molecule has 11 heteroatoms. The van der Waals surface area contributed by atoms with E-state index in [2.05, 4.69) is 0 Å². The number of non-ortho nitro benzene ring substituents is 1. The number of hydrogen-bond acceptors (Lipinski definition) is 7. The smallest absolute Gasteiger partial charge is 0.260 e. The molecule has 0 saturated carbocycles. The van der Waals surface area contributed by atoms with Gasteiger partial charge in [-0.05, 0) is 6.07 Å². The highest BCUT2D eigenvalue weighted by Gasteiger charge is 2.40. The first kappa shape index (κ1) is 16.1. The number of rotatable bonds is 4. The standard InChI is InChI=1S/C10H10ClNO7S2/c11-9-5-20(15,16)6-10(9)19-21(17,18)8-3-1-2-7(4-8)12(13)14/h1-4,9-10H,5-6H2/t9-,10+/m1/s1. The van der Waals surface area contributed by atoms with E-state index in [1.54, 1.807) is 0 Å². The molecule has 1 aliphatic heterocycles. The van der Waals surface area contributed by atoms with Crippen molar-refractivity contribution in [1.82, 2.24) is 0 Å². The molecule has 0 spiro atoms. The van der Waals surface area contributed by atoms with Crippen molar-refractivity contribution in [3.05, 3.63) is 34.4 Å². The lowest BCUT2D eigenvalue weighted by molar-refractivity contribution is -0.385. The van der Waals surface area contributed by atoms with Crippen molar-refractivity contribution in [3.8, 4) is 0 Å². The predicted octanol–water partition coefficient (Wildman–Crippen LogP) is 0.705. The van der Waals surface area contributed by atoms with Crippen LogP contribution in [0.5, 0.6) is 0 Å². The highest BCUT2D eigenvalue weighted by molar-refractivity contribution is 7.92. The molecule has 8 nitrogen and oxygen atoms in total. The van der Waals surface area contributed by atoms with Gasteiger partial charge in [0.2, 0.25) is 0 Å². The maximum atomic E-state index is 12.0. The molecule has 1 saturated heterocycles. The Morgan fingerprint density at radius 1 is 1.33 bits per heavy atom. The molecule has 1 aromatic rings. The molecule has 0 N–H and O–H groups in total. The molecular formula is C10H10ClNO7S2. The number of nitro groups is 1. The van der Waals surface area contributed by atoms with E-state index < -0.39 is 52.7 Å². The second kappa shape index (κ2) is 5.52. The van der Waals surface area contributed by atoms with Crippen molar-refractivity contribution in [3.63, 3.8) is 0 Å². The maximum absolute atomic E-state index is 12.0. The summed E-state index contributed by atoms with van der Waals surface area (Å²) in [6.45, 7) is 0. The van der Waals surface area contributed by atoms with Crippen LogP contribution >= 0.6 is 11.6 Å². The van der Waals surface area contributed by atoms with Crippen LogP contribution in [0.1, 0.15) is 0 Å². The van der Waals surface area contributed by atoms with Crippen molar-refractivity contribution in [2.24, 2.45) is 0 Å². The minimum atomic E-state index is -4.34. The fraction of sp³-hybridized carbons (Fsp3) is 0.400. The van der Waals surface area contributed by atoms with Gasteiger partial charge < -0.3 is 0 Å². The highest BCUT2D eigenvalue weighted by Crippen LogP contribution is 2.26. The minimum absolute atomic E-state index is 0.371. The lowest BCUT2D eigenvalue weighted by atomic mass is 10.3. The first-order valence-electron chi connectivity index (χ1n) is 5.63. The largest absolute Gasteiger partial charge is 0.297 e. The zero-order valence-electron chi connectivity index (χ0n) is 10.4. The zero-order chi connectivity index (χ0) is 15.8. The van der Waals surface area contributed by atoms with E-state index in [1.807, 2.05) is 0 Å². The van der Waals surface area contributed by atoms with Crippen LogP contribution in [-0.2, 0) is 24.1 Å². The minimum Gasteiger partial charge on any atom is -0.260 e. The third kappa shape index (κ3) is 3.70. The van der Waals surface area contributed by atoms with E-state index in [9.17, 15) is 26.9 Å². The lowest BCUT2D eigenvalue weighted by Gasteiger charge is -2.13. The summed E-state index contributed by atoms with van der Waals surface area (Å²) in [5.41, 5.74) is -0.416. The van der Waals surface area contributed by atoms with Crippen LogP contribution in [0.2, 0.25) is 0 Å². The van der Waals surface area contributed by atoms with Crippen LogP contribution in [0.25, 0.3) is 0 Å². The van der Waals surface area contributed by atoms with Crippen LogP contribution in [0.3, 0.4) is 0 Å². The quantitative estimate of drug-likeness (QED) is 0.337. The molecule has 1 aromatic carbocycles. The SMILES string of the molecule is O=[N+]([O-])c1cccc(S(=O)(=O)O[C@H]2CS(=O)(=O)C[C@H]2Cl)c1. The van der Waals surface area contributed by atoms with Gasteiger partial charge in [-0.25, -0.2) is 8.42 Å². The molecule has 2 rings (SSSR count). The summed E-state index contributed by atoms with van der Waals surface area (Å²) in [5.74, 6) is -0.876. The fourth-order valence-electron chi connectivity index (χ4n) is 1.83. The average Bonchev–Trinajstić information content (AvgIpc) is 2.61. The van der Waals surface area contributed by atoms with Gasteiger partial charge in [0.25, 0.3) is 15.8 Å². The number of hydrogen-bond donors (Lipinski definition) is 0. The summed E-state index contributed by atoms with van der Waals surface area (Å²) in [4.78, 5) is 9.46. The van der Waals surface area contributed by atoms with Gasteiger partial charge in [-0.15, -0.1) is 11.6 Å². The maximum Gasteiger partial charge on any atom is 0.297 e. The highest BCUT2D eigenvalue weighted by atomic mass is 35.5. The number of nitro benzene ring substituents is 1. The molecule has 1 fully saturated rings. The summed E-state index contributed by atoms with van der Waals surface area (Å²) >= 11 is 5.76. The molecule has 1 aliphatic rings. The molecule has 116 valence electrons. The van der Waals surface area contributed by atoms with Crippen molar-refractivity contribution in [2.75, 3.05) is 11.5 Å². The molecular weight excluding hydrogens is 346 g/mol. The third-order valence-corrected chi connectivity index (χ3v) is 6.46. The number of benzene rings is 1. The van der Waals surface area contributed by atoms with Gasteiger partial charge in [0.05, 0.1) is 21.8 Å². The molecule has 0 radical (unpaired) electrons. The van der Waals surface area contributed by atoms with Crippen molar-refractivity contribution in [1.29, 1.82) is 0 Å². The van der Waals surface area contributed by atoms with E-state index in [4.69, 9.17) is 15.8 Å². The van der Waals surface area contributed by atoms with E-state index in [0.717, 1.165) is 18.2 Å². The van der Waals surface area contributed by atoms with Gasteiger partial charge >= 0.3 is 0 Å². The van der Waals surface area contributed by atoms with E-state index in [1.165, 1.54) is 6.07 Å². The second-order valence-electron chi connectivity index (χ2n) is 4.44. The molecule has 1 heterocycles. The van der Waals surface area contributed by atoms with E-state index in [-0.39, 0.29) is 5.75 Å². The Balaban J connectivity index is 2.27. The zero-order valence-corrected chi connectivity index (χ0v) is 12.8. The van der Waals surface area contributed by atoms with Gasteiger partial charge in [-0.3, -0.25) is 14.3 Å². The summed E-state index contributed by atoms with van der Waals surface area (Å²) in [7, 11) is -7.79. The summed E-state index contributed by atoms with van der Waals surface area (Å²) in [5, 5.41) is 9.65. The van der Waals surface area contributed by atoms with Gasteiger partial charge in [-0.2, -0.15) is 8.42 Å². The number of alkyl halides is 1. The summed E-state index contributed by atoms with van der Waals surface area (Å²) in [6.07, 6.45) is -1.21. The average molecular weight is 356 g/mol. The van der Waals surface area contributed by atoms with Crippen LogP contribution in [0, 0.1) is 10.1 Å². The topological polar surface area (TPSA) is 121 Å². The molecule has 0 amide bonds. The Morgan fingerprint density at radius 3 is 2.52 bits per heavy atom. The first-order valence-corrected chi connectivity index (χ1v) is 9.29. The number of halogens is 1. The number of nitrogens with zero attached hydrogens (tertiary/aromatic N) is 1. The van der Waals surface area contributed by atoms with Crippen LogP contribution in [-0.4, -0.2) is 44.7 Å². The summed E-state index contributed by atoms with van der Waals surface area (Å²) < 4.78 is 51.6. The van der Waals surface area contributed by atoms with Gasteiger partial charge in [0.1, 0.15) is 11.0 Å². The van der Waals surface area contributed by atoms with E-state index >= 15 is 0 Å². The normalized spacial score (nSPS) is 24.8. The van der Waals surface area contributed by atoms with Crippen molar-refractivity contribution >= 4 is 37.2 Å². The molecule has 2 atom stereocenters. The van der Waals surface area contributed by atoms with Crippen LogP contribution in [0.4, 0.5) is 5.69 Å². The predicted molar refractivity (Wildman–Crippen MR) is 73.5 cm³/mol. The van der Waals surface area contributed by atoms with Crippen LogP contribution < -0.4 is 0 Å².